The molecule has 0 spiro atoms. The van der Waals surface area contributed by atoms with Gasteiger partial charge in [0.05, 0.1) is 16.1 Å². The van der Waals surface area contributed by atoms with Crippen molar-refractivity contribution in [1.29, 1.82) is 5.26 Å². The quantitative estimate of drug-likeness (QED) is 0.665. The predicted octanol–water partition coefficient (Wildman–Crippen LogP) is 2.73. The highest BCUT2D eigenvalue weighted by molar-refractivity contribution is 6.33. The lowest BCUT2D eigenvalue weighted by Crippen LogP contribution is -1.87. The average Bonchev–Trinajstić information content (AvgIpc) is 2.83. The average molecular weight is 270 g/mol. The van der Waals surface area contributed by atoms with E-state index in [1.807, 2.05) is 6.07 Å². The first-order valence-corrected chi connectivity index (χ1v) is 5.86. The Hall–Kier alpha value is -2.58. The number of benzene rings is 1. The van der Waals surface area contributed by atoms with Crippen LogP contribution in [0.2, 0.25) is 5.02 Å². The molecule has 0 saturated heterocycles. The van der Waals surface area contributed by atoms with E-state index in [0.29, 0.717) is 38.8 Å². The molecular weight excluding hydrogens is 262 g/mol. The number of nitrogens with two attached hydrogens (primary N) is 1. The second kappa shape index (κ2) is 4.26. The van der Waals surface area contributed by atoms with Crippen molar-refractivity contribution >= 4 is 28.5 Å². The van der Waals surface area contributed by atoms with E-state index in [1.165, 1.54) is 6.20 Å². The maximum atomic E-state index is 8.84. The summed E-state index contributed by atoms with van der Waals surface area (Å²) in [5.41, 5.74) is 8.75. The third kappa shape index (κ3) is 1.98. The largest absolute Gasteiger partial charge is 0.399 e. The summed E-state index contributed by atoms with van der Waals surface area (Å²) in [6, 6.07) is 8.91. The third-order valence-electron chi connectivity index (χ3n) is 2.71. The summed E-state index contributed by atoms with van der Waals surface area (Å²) < 4.78 is 0. The molecule has 0 aliphatic heterocycles. The van der Waals surface area contributed by atoms with Gasteiger partial charge in [-0.15, -0.1) is 0 Å². The number of halogens is 1. The van der Waals surface area contributed by atoms with Crippen molar-refractivity contribution < 1.29 is 0 Å². The van der Waals surface area contributed by atoms with Crippen LogP contribution in [0.25, 0.3) is 22.6 Å². The first kappa shape index (κ1) is 11.5. The third-order valence-corrected chi connectivity index (χ3v) is 3.04. The minimum absolute atomic E-state index is 0.473. The minimum atomic E-state index is 0.473. The van der Waals surface area contributed by atoms with Gasteiger partial charge in [0.15, 0.2) is 5.65 Å². The number of imidazole rings is 1. The number of hydrogen-bond acceptors (Lipinski definition) is 4. The summed E-state index contributed by atoms with van der Waals surface area (Å²) in [5, 5.41) is 9.39. The fourth-order valence-corrected chi connectivity index (χ4v) is 2.02. The summed E-state index contributed by atoms with van der Waals surface area (Å²) in [6.07, 6.45) is 1.48. The molecule has 0 atom stereocenters. The van der Waals surface area contributed by atoms with Crippen LogP contribution in [0.5, 0.6) is 0 Å². The molecule has 5 nitrogen and oxygen atoms in total. The van der Waals surface area contributed by atoms with Crippen LogP contribution in [0.15, 0.2) is 30.5 Å². The van der Waals surface area contributed by atoms with Crippen LogP contribution >= 0.6 is 11.6 Å². The summed E-state index contributed by atoms with van der Waals surface area (Å²) in [6.45, 7) is 0. The van der Waals surface area contributed by atoms with Gasteiger partial charge in [-0.2, -0.15) is 5.26 Å². The van der Waals surface area contributed by atoms with Gasteiger partial charge in [0.25, 0.3) is 0 Å². The smallest absolute Gasteiger partial charge is 0.178 e. The van der Waals surface area contributed by atoms with Crippen LogP contribution in [-0.4, -0.2) is 15.0 Å². The van der Waals surface area contributed by atoms with Crippen molar-refractivity contribution in [1.82, 2.24) is 15.0 Å². The molecular formula is C13H8ClN5. The normalized spacial score (nSPS) is 10.5. The molecule has 1 aromatic carbocycles. The lowest BCUT2D eigenvalue weighted by atomic mass is 10.2. The van der Waals surface area contributed by atoms with E-state index in [1.54, 1.807) is 24.3 Å². The van der Waals surface area contributed by atoms with E-state index in [9.17, 15) is 0 Å². The van der Waals surface area contributed by atoms with Crippen molar-refractivity contribution in [2.24, 2.45) is 0 Å². The lowest BCUT2D eigenvalue weighted by Gasteiger charge is -2.01. The molecule has 2 aromatic heterocycles. The fourth-order valence-electron chi connectivity index (χ4n) is 1.81. The number of aromatic amines is 1. The Kier molecular flexibility index (Phi) is 2.58. The highest BCUT2D eigenvalue weighted by Gasteiger charge is 2.10. The summed E-state index contributed by atoms with van der Waals surface area (Å²) in [4.78, 5) is 11.5. The zero-order chi connectivity index (χ0) is 13.4. The Morgan fingerprint density at radius 2 is 2.16 bits per heavy atom. The second-order valence-corrected chi connectivity index (χ2v) is 4.44. The molecule has 92 valence electrons. The number of hydrogen-bond donors (Lipinski definition) is 2. The molecule has 0 fully saturated rings. The fraction of sp³-hybridized carbons (Fsp3) is 0. The molecule has 2 heterocycles. The Balaban J connectivity index is 2.21. The molecule has 3 aromatic rings. The number of fused-ring (bicyclic) bond motifs is 1. The van der Waals surface area contributed by atoms with E-state index in [0.717, 1.165) is 0 Å². The first-order valence-electron chi connectivity index (χ1n) is 5.48. The molecule has 3 rings (SSSR count). The van der Waals surface area contributed by atoms with E-state index in [-0.39, 0.29) is 0 Å². The van der Waals surface area contributed by atoms with Crippen molar-refractivity contribution in [3.63, 3.8) is 0 Å². The van der Waals surface area contributed by atoms with Crippen LogP contribution in [0.1, 0.15) is 5.56 Å². The number of nitriles is 1. The standard InChI is InChI=1S/C13H8ClN5/c14-10-2-1-8(16)4-9(10)12-18-11-3-7(5-15)6-17-13(11)19-12/h1-4,6H,16H2,(H,17,18,19). The van der Waals surface area contributed by atoms with Crippen LogP contribution < -0.4 is 5.73 Å². The number of rotatable bonds is 1. The summed E-state index contributed by atoms with van der Waals surface area (Å²) in [5.74, 6) is 0.579. The van der Waals surface area contributed by atoms with Gasteiger partial charge in [0.1, 0.15) is 11.9 Å². The number of aromatic nitrogens is 3. The van der Waals surface area contributed by atoms with Crippen LogP contribution in [-0.2, 0) is 0 Å². The van der Waals surface area contributed by atoms with Crippen LogP contribution in [0.3, 0.4) is 0 Å². The SMILES string of the molecule is N#Cc1cnc2nc(-c3cc(N)ccc3Cl)[nH]c2c1. The molecule has 0 bridgehead atoms. The molecule has 0 radical (unpaired) electrons. The molecule has 0 aliphatic carbocycles. The van der Waals surface area contributed by atoms with E-state index in [2.05, 4.69) is 15.0 Å². The van der Waals surface area contributed by atoms with Crippen molar-refractivity contribution in [3.8, 4) is 17.5 Å². The van der Waals surface area contributed by atoms with Crippen LogP contribution in [0, 0.1) is 11.3 Å². The van der Waals surface area contributed by atoms with Crippen molar-refractivity contribution in [3.05, 3.63) is 41.0 Å². The van der Waals surface area contributed by atoms with Gasteiger partial charge in [-0.1, -0.05) is 11.6 Å². The molecule has 0 unspecified atom stereocenters. The highest BCUT2D eigenvalue weighted by atomic mass is 35.5. The minimum Gasteiger partial charge on any atom is -0.399 e. The van der Waals surface area contributed by atoms with Gasteiger partial charge in [0.2, 0.25) is 0 Å². The molecule has 0 saturated carbocycles. The maximum absolute atomic E-state index is 8.84. The van der Waals surface area contributed by atoms with Crippen molar-refractivity contribution in [2.45, 2.75) is 0 Å². The van der Waals surface area contributed by atoms with Crippen LogP contribution in [0.4, 0.5) is 5.69 Å². The first-order chi connectivity index (χ1) is 9.17. The van der Waals surface area contributed by atoms with Gasteiger partial charge in [0, 0.05) is 17.4 Å². The number of anilines is 1. The van der Waals surface area contributed by atoms with Crippen molar-refractivity contribution in [2.75, 3.05) is 5.73 Å². The monoisotopic (exact) mass is 269 g/mol. The van der Waals surface area contributed by atoms with Gasteiger partial charge < -0.3 is 10.7 Å². The Labute approximate surface area is 113 Å². The zero-order valence-corrected chi connectivity index (χ0v) is 10.4. The maximum Gasteiger partial charge on any atom is 0.178 e. The second-order valence-electron chi connectivity index (χ2n) is 4.03. The van der Waals surface area contributed by atoms with Gasteiger partial charge in [-0.3, -0.25) is 0 Å². The Morgan fingerprint density at radius 3 is 2.95 bits per heavy atom. The molecule has 3 N–H and O–H groups in total. The highest BCUT2D eigenvalue weighted by Crippen LogP contribution is 2.28. The van der Waals surface area contributed by atoms with E-state index >= 15 is 0 Å². The zero-order valence-electron chi connectivity index (χ0n) is 9.68. The molecule has 19 heavy (non-hydrogen) atoms. The Bertz CT molecular complexity index is 816. The van der Waals surface area contributed by atoms with E-state index in [4.69, 9.17) is 22.6 Å². The number of H-pyrrole nitrogens is 1. The topological polar surface area (TPSA) is 91.4 Å². The van der Waals surface area contributed by atoms with Gasteiger partial charge in [-0.25, -0.2) is 9.97 Å². The number of pyridine rings is 1. The molecule has 0 aliphatic rings. The number of nitrogens with one attached hydrogen (secondary N) is 1. The number of nitrogen functional groups attached to an aromatic ring is 1. The molecule has 6 heteroatoms. The predicted molar refractivity (Wildman–Crippen MR) is 73.5 cm³/mol. The van der Waals surface area contributed by atoms with E-state index < -0.39 is 0 Å². The summed E-state index contributed by atoms with van der Waals surface area (Å²) >= 11 is 6.13. The summed E-state index contributed by atoms with van der Waals surface area (Å²) in [7, 11) is 0. The Morgan fingerprint density at radius 1 is 1.32 bits per heavy atom. The lowest BCUT2D eigenvalue weighted by molar-refractivity contribution is 1.29. The number of nitrogens with zero attached hydrogens (tertiary/aromatic N) is 3. The van der Waals surface area contributed by atoms with Gasteiger partial charge >= 0.3 is 0 Å². The molecule has 0 amide bonds. The van der Waals surface area contributed by atoms with Gasteiger partial charge in [-0.05, 0) is 24.3 Å².